The number of sulfonamides is 1. The molecule has 1 atom stereocenters. The quantitative estimate of drug-likeness (QED) is 0.820. The Labute approximate surface area is 130 Å². The number of halogens is 2. The van der Waals surface area contributed by atoms with E-state index in [0.29, 0.717) is 6.61 Å². The minimum absolute atomic E-state index is 0. The van der Waals surface area contributed by atoms with Crippen molar-refractivity contribution in [2.24, 2.45) is 0 Å². The first-order valence-electron chi connectivity index (χ1n) is 6.47. The summed E-state index contributed by atoms with van der Waals surface area (Å²) in [5.74, 6) is -0.461. The molecule has 1 aliphatic heterocycles. The second-order valence-electron chi connectivity index (χ2n) is 5.02. The van der Waals surface area contributed by atoms with E-state index < -0.39 is 15.8 Å². The highest BCUT2D eigenvalue weighted by molar-refractivity contribution is 7.89. The van der Waals surface area contributed by atoms with Gasteiger partial charge in [-0.05, 0) is 43.7 Å². The molecule has 1 aromatic carbocycles. The van der Waals surface area contributed by atoms with E-state index in [4.69, 9.17) is 4.74 Å². The van der Waals surface area contributed by atoms with Crippen LogP contribution in [0.4, 0.5) is 4.39 Å². The molecule has 2 rings (SSSR count). The average Bonchev–Trinajstić information content (AvgIpc) is 2.87. The summed E-state index contributed by atoms with van der Waals surface area (Å²) >= 11 is 0. The molecule has 120 valence electrons. The Morgan fingerprint density at radius 3 is 2.57 bits per heavy atom. The lowest BCUT2D eigenvalue weighted by atomic mass is 9.99. The Hall–Kier alpha value is -0.730. The third-order valence-corrected chi connectivity index (χ3v) is 4.89. The smallest absolute Gasteiger partial charge is 0.240 e. The van der Waals surface area contributed by atoms with Crippen molar-refractivity contribution in [3.8, 4) is 0 Å². The maximum atomic E-state index is 12.8. The summed E-state index contributed by atoms with van der Waals surface area (Å²) in [5.41, 5.74) is -0.359. The first kappa shape index (κ1) is 18.3. The molecule has 1 heterocycles. The van der Waals surface area contributed by atoms with Crippen LogP contribution in [0.25, 0.3) is 0 Å². The van der Waals surface area contributed by atoms with Crippen LogP contribution in [0.2, 0.25) is 0 Å². The fourth-order valence-electron chi connectivity index (χ4n) is 2.40. The summed E-state index contributed by atoms with van der Waals surface area (Å²) in [6, 6.07) is 4.77. The van der Waals surface area contributed by atoms with Gasteiger partial charge in [-0.25, -0.2) is 17.5 Å². The third kappa shape index (κ3) is 4.62. The van der Waals surface area contributed by atoms with Crippen LogP contribution in [-0.2, 0) is 14.8 Å². The van der Waals surface area contributed by atoms with E-state index in [1.165, 1.54) is 12.1 Å². The molecule has 0 aromatic heterocycles. The molecule has 1 fully saturated rings. The van der Waals surface area contributed by atoms with Crippen LogP contribution in [0.3, 0.4) is 0 Å². The Morgan fingerprint density at radius 2 is 2.05 bits per heavy atom. The summed E-state index contributed by atoms with van der Waals surface area (Å²) in [5, 5.41) is 3.29. The van der Waals surface area contributed by atoms with E-state index in [2.05, 4.69) is 10.0 Å². The van der Waals surface area contributed by atoms with Gasteiger partial charge in [0, 0.05) is 13.7 Å². The second kappa shape index (κ2) is 7.51. The number of nitrogens with one attached hydrogen (secondary N) is 2. The molecule has 0 aliphatic carbocycles. The van der Waals surface area contributed by atoms with Gasteiger partial charge < -0.3 is 10.1 Å². The topological polar surface area (TPSA) is 67.4 Å². The molecule has 8 heteroatoms. The zero-order chi connectivity index (χ0) is 14.6. The van der Waals surface area contributed by atoms with Gasteiger partial charge in [0.2, 0.25) is 10.0 Å². The fourth-order valence-corrected chi connectivity index (χ4v) is 3.53. The van der Waals surface area contributed by atoms with Crippen molar-refractivity contribution in [3.05, 3.63) is 30.1 Å². The number of methoxy groups -OCH3 is 1. The Morgan fingerprint density at radius 1 is 1.38 bits per heavy atom. The molecule has 21 heavy (non-hydrogen) atoms. The van der Waals surface area contributed by atoms with Crippen LogP contribution in [-0.4, -0.2) is 40.8 Å². The zero-order valence-electron chi connectivity index (χ0n) is 11.8. The van der Waals surface area contributed by atoms with Crippen molar-refractivity contribution < 1.29 is 17.5 Å². The number of hydrogen-bond donors (Lipinski definition) is 2. The molecule has 1 unspecified atom stereocenters. The highest BCUT2D eigenvalue weighted by Gasteiger charge is 2.34. The Bertz CT molecular complexity index is 545. The Balaban J connectivity index is 0.00000220. The number of hydrogen-bond acceptors (Lipinski definition) is 4. The van der Waals surface area contributed by atoms with E-state index in [1.807, 2.05) is 0 Å². The van der Waals surface area contributed by atoms with Gasteiger partial charge >= 0.3 is 0 Å². The van der Waals surface area contributed by atoms with Crippen molar-refractivity contribution in [1.82, 2.24) is 10.0 Å². The minimum Gasteiger partial charge on any atom is -0.383 e. The van der Waals surface area contributed by atoms with Crippen LogP contribution in [0.1, 0.15) is 12.8 Å². The van der Waals surface area contributed by atoms with Gasteiger partial charge in [-0.2, -0.15) is 0 Å². The molecule has 1 aliphatic rings. The average molecular weight is 339 g/mol. The highest BCUT2D eigenvalue weighted by atomic mass is 35.5. The number of ether oxygens (including phenoxy) is 1. The van der Waals surface area contributed by atoms with Crippen LogP contribution in [0.15, 0.2) is 29.2 Å². The van der Waals surface area contributed by atoms with Crippen LogP contribution in [0.5, 0.6) is 0 Å². The predicted molar refractivity (Wildman–Crippen MR) is 80.7 cm³/mol. The van der Waals surface area contributed by atoms with Gasteiger partial charge in [-0.15, -0.1) is 12.4 Å². The maximum absolute atomic E-state index is 12.8. The molecular weight excluding hydrogens is 319 g/mol. The van der Waals surface area contributed by atoms with Crippen LogP contribution < -0.4 is 10.0 Å². The standard InChI is InChI=1S/C13H19FN2O3S.ClH/c1-19-10-13(7-2-8-15-13)9-16-20(17,18)12-5-3-11(14)4-6-12;/h3-6,15-16H,2,7-10H2,1H3;1H. The van der Waals surface area contributed by atoms with Gasteiger partial charge in [-0.1, -0.05) is 0 Å². The van der Waals surface area contributed by atoms with E-state index >= 15 is 0 Å². The normalized spacial score (nSPS) is 22.0. The highest BCUT2D eigenvalue weighted by Crippen LogP contribution is 2.20. The van der Waals surface area contributed by atoms with E-state index in [9.17, 15) is 12.8 Å². The monoisotopic (exact) mass is 338 g/mol. The molecule has 1 saturated heterocycles. The summed E-state index contributed by atoms with van der Waals surface area (Å²) in [7, 11) is -2.04. The van der Waals surface area contributed by atoms with Gasteiger partial charge in [0.1, 0.15) is 5.82 Å². The van der Waals surface area contributed by atoms with Gasteiger partial charge in [0.25, 0.3) is 0 Å². The molecule has 0 spiro atoms. The lowest BCUT2D eigenvalue weighted by molar-refractivity contribution is 0.122. The van der Waals surface area contributed by atoms with Crippen LogP contribution >= 0.6 is 12.4 Å². The molecule has 0 saturated carbocycles. The van der Waals surface area contributed by atoms with Crippen LogP contribution in [0, 0.1) is 5.82 Å². The molecule has 0 amide bonds. The molecular formula is C13H20ClFN2O3S. The summed E-state index contributed by atoms with van der Waals surface area (Å²) in [6.45, 7) is 1.54. The van der Waals surface area contributed by atoms with Crippen molar-refractivity contribution >= 4 is 22.4 Å². The van der Waals surface area contributed by atoms with Crippen molar-refractivity contribution in [1.29, 1.82) is 0 Å². The largest absolute Gasteiger partial charge is 0.383 e. The molecule has 2 N–H and O–H groups in total. The van der Waals surface area contributed by atoms with Crippen molar-refractivity contribution in [3.63, 3.8) is 0 Å². The van der Waals surface area contributed by atoms with Gasteiger partial charge in [-0.3, -0.25) is 0 Å². The summed E-state index contributed by atoms with van der Waals surface area (Å²) in [4.78, 5) is 0.0597. The fraction of sp³-hybridized carbons (Fsp3) is 0.538. The lowest BCUT2D eigenvalue weighted by Crippen LogP contribution is -2.52. The zero-order valence-corrected chi connectivity index (χ0v) is 13.4. The Kier molecular flexibility index (Phi) is 6.55. The molecule has 0 bridgehead atoms. The minimum atomic E-state index is -3.63. The predicted octanol–water partition coefficient (Wildman–Crippen LogP) is 1.29. The molecule has 0 radical (unpaired) electrons. The lowest BCUT2D eigenvalue weighted by Gasteiger charge is -2.28. The number of rotatable bonds is 6. The number of benzene rings is 1. The summed E-state index contributed by atoms with van der Waals surface area (Å²) in [6.07, 6.45) is 1.84. The van der Waals surface area contributed by atoms with Gasteiger partial charge in [0.15, 0.2) is 0 Å². The van der Waals surface area contributed by atoms with E-state index in [1.54, 1.807) is 7.11 Å². The first-order valence-corrected chi connectivity index (χ1v) is 7.95. The summed E-state index contributed by atoms with van der Waals surface area (Å²) < 4.78 is 44.9. The van der Waals surface area contributed by atoms with E-state index in [-0.39, 0.29) is 29.4 Å². The van der Waals surface area contributed by atoms with Crippen molar-refractivity contribution in [2.45, 2.75) is 23.3 Å². The maximum Gasteiger partial charge on any atom is 0.240 e. The first-order chi connectivity index (χ1) is 9.47. The van der Waals surface area contributed by atoms with E-state index in [0.717, 1.165) is 31.5 Å². The van der Waals surface area contributed by atoms with Gasteiger partial charge in [0.05, 0.1) is 17.0 Å². The molecule has 5 nitrogen and oxygen atoms in total. The molecule has 1 aromatic rings. The second-order valence-corrected chi connectivity index (χ2v) is 6.79. The SMILES string of the molecule is COCC1(CNS(=O)(=O)c2ccc(F)cc2)CCCN1.Cl. The van der Waals surface area contributed by atoms with Crippen molar-refractivity contribution in [2.75, 3.05) is 26.8 Å². The third-order valence-electron chi connectivity index (χ3n) is 3.48.